The average Bonchev–Trinajstić information content (AvgIpc) is 3.47. The number of ether oxygens (including phenoxy) is 1. The van der Waals surface area contributed by atoms with Crippen LogP contribution >= 0.6 is 11.3 Å². The van der Waals surface area contributed by atoms with E-state index in [4.69, 9.17) is 4.74 Å². The first kappa shape index (κ1) is 25.2. The Morgan fingerprint density at radius 1 is 0.973 bits per heavy atom. The van der Waals surface area contributed by atoms with Crippen LogP contribution < -0.4 is 4.90 Å². The maximum Gasteiger partial charge on any atom is 0.254 e. The number of amides is 2. The van der Waals surface area contributed by atoms with Gasteiger partial charge in [-0.3, -0.25) is 14.4 Å². The summed E-state index contributed by atoms with van der Waals surface area (Å²) in [4.78, 5) is 46.4. The number of carbonyl (C=O) groups excluding carboxylic acids is 3. The standard InChI is InChI=1S/C29H31N3O4S/c1-20(33)21-9-11-22(12-10-21)30-13-15-31(16-14-30)29(35)26-23-6-3-4-7-24(23)28(34)32(17-18-36-2)27(26)25-8-5-19-37-25/h3-12,19,26-27H,13-18H2,1-2H3. The Kier molecular flexibility index (Phi) is 7.39. The third-order valence-corrected chi connectivity index (χ3v) is 8.25. The molecule has 0 spiro atoms. The highest BCUT2D eigenvalue weighted by atomic mass is 32.1. The van der Waals surface area contributed by atoms with E-state index in [1.165, 1.54) is 0 Å². The van der Waals surface area contributed by atoms with Gasteiger partial charge in [-0.15, -0.1) is 11.3 Å². The van der Waals surface area contributed by atoms with Gasteiger partial charge < -0.3 is 19.4 Å². The number of ketones is 1. The van der Waals surface area contributed by atoms with Gasteiger partial charge in [0.2, 0.25) is 5.91 Å². The molecular formula is C29H31N3O4S. The molecule has 0 bridgehead atoms. The van der Waals surface area contributed by atoms with E-state index in [1.54, 1.807) is 25.4 Å². The number of fused-ring (bicyclic) bond motifs is 1. The average molecular weight is 518 g/mol. The third kappa shape index (κ3) is 4.91. The molecule has 2 aromatic carbocycles. The molecule has 192 valence electrons. The number of thiophene rings is 1. The van der Waals surface area contributed by atoms with Crippen LogP contribution in [-0.2, 0) is 9.53 Å². The summed E-state index contributed by atoms with van der Waals surface area (Å²) >= 11 is 1.57. The van der Waals surface area contributed by atoms with Crippen LogP contribution in [0, 0.1) is 0 Å². The SMILES string of the molecule is COCCN1C(=O)c2ccccc2C(C(=O)N2CCN(c3ccc(C(C)=O)cc3)CC2)C1c1cccs1. The molecule has 2 amide bonds. The van der Waals surface area contributed by atoms with Crippen molar-refractivity contribution in [2.24, 2.45) is 0 Å². The van der Waals surface area contributed by atoms with Gasteiger partial charge in [0.1, 0.15) is 0 Å². The highest BCUT2D eigenvalue weighted by molar-refractivity contribution is 7.10. The van der Waals surface area contributed by atoms with E-state index >= 15 is 0 Å². The minimum Gasteiger partial charge on any atom is -0.383 e. The monoisotopic (exact) mass is 517 g/mol. The number of piperazine rings is 1. The van der Waals surface area contributed by atoms with Crippen LogP contribution in [0.4, 0.5) is 5.69 Å². The number of rotatable bonds is 7. The molecule has 2 aliphatic heterocycles. The zero-order chi connectivity index (χ0) is 25.9. The van der Waals surface area contributed by atoms with Crippen molar-refractivity contribution in [2.45, 2.75) is 18.9 Å². The van der Waals surface area contributed by atoms with Crippen molar-refractivity contribution < 1.29 is 19.1 Å². The van der Waals surface area contributed by atoms with Crippen molar-refractivity contribution >= 4 is 34.6 Å². The lowest BCUT2D eigenvalue weighted by Gasteiger charge is -2.44. The first-order chi connectivity index (χ1) is 18.0. The van der Waals surface area contributed by atoms with Crippen LogP contribution in [-0.4, -0.2) is 73.8 Å². The normalized spacial score (nSPS) is 19.6. The highest BCUT2D eigenvalue weighted by Crippen LogP contribution is 2.45. The van der Waals surface area contributed by atoms with Crippen molar-refractivity contribution in [1.82, 2.24) is 9.80 Å². The number of nitrogens with zero attached hydrogens (tertiary/aromatic N) is 3. The minimum absolute atomic E-state index is 0.0485. The van der Waals surface area contributed by atoms with E-state index in [0.717, 1.165) is 16.1 Å². The smallest absolute Gasteiger partial charge is 0.254 e. The summed E-state index contributed by atoms with van der Waals surface area (Å²) in [6, 6.07) is 18.8. The number of hydrogen-bond donors (Lipinski definition) is 0. The van der Waals surface area contributed by atoms with Crippen molar-refractivity contribution in [2.75, 3.05) is 51.3 Å². The summed E-state index contributed by atoms with van der Waals surface area (Å²) in [7, 11) is 1.62. The third-order valence-electron chi connectivity index (χ3n) is 7.31. The number of carbonyl (C=O) groups is 3. The summed E-state index contributed by atoms with van der Waals surface area (Å²) in [6.07, 6.45) is 0. The van der Waals surface area contributed by atoms with Crippen LogP contribution in [0.3, 0.4) is 0 Å². The van der Waals surface area contributed by atoms with Gasteiger partial charge in [0.15, 0.2) is 5.78 Å². The Labute approximate surface area is 221 Å². The maximum absolute atomic E-state index is 14.2. The summed E-state index contributed by atoms with van der Waals surface area (Å²) < 4.78 is 5.32. The van der Waals surface area contributed by atoms with Crippen molar-refractivity contribution in [1.29, 1.82) is 0 Å². The molecule has 1 aromatic heterocycles. The summed E-state index contributed by atoms with van der Waals surface area (Å²) in [5, 5.41) is 1.99. The molecular weight excluding hydrogens is 486 g/mol. The number of methoxy groups -OCH3 is 1. The van der Waals surface area contributed by atoms with Gasteiger partial charge in [-0.2, -0.15) is 0 Å². The molecule has 0 aliphatic carbocycles. The van der Waals surface area contributed by atoms with Crippen molar-refractivity contribution in [3.05, 3.63) is 87.6 Å². The van der Waals surface area contributed by atoms with Crippen molar-refractivity contribution in [3.63, 3.8) is 0 Å². The molecule has 8 heteroatoms. The second-order valence-electron chi connectivity index (χ2n) is 9.43. The lowest BCUT2D eigenvalue weighted by atomic mass is 9.81. The Morgan fingerprint density at radius 2 is 1.70 bits per heavy atom. The molecule has 3 aromatic rings. The number of hydrogen-bond acceptors (Lipinski definition) is 6. The van der Waals surface area contributed by atoms with Crippen molar-refractivity contribution in [3.8, 4) is 0 Å². The molecule has 1 fully saturated rings. The van der Waals surface area contributed by atoms with Gasteiger partial charge in [0, 0.05) is 61.5 Å². The van der Waals surface area contributed by atoms with Crippen LogP contribution in [0.2, 0.25) is 0 Å². The molecule has 5 rings (SSSR count). The number of anilines is 1. The summed E-state index contributed by atoms with van der Waals surface area (Å²) in [5.74, 6) is -0.444. The lowest BCUT2D eigenvalue weighted by Crippen LogP contribution is -2.53. The molecule has 7 nitrogen and oxygen atoms in total. The first-order valence-corrected chi connectivity index (χ1v) is 13.4. The Morgan fingerprint density at radius 3 is 2.35 bits per heavy atom. The van der Waals surface area contributed by atoms with Crippen LogP contribution in [0.15, 0.2) is 66.0 Å². The van der Waals surface area contributed by atoms with E-state index in [-0.39, 0.29) is 23.6 Å². The summed E-state index contributed by atoms with van der Waals surface area (Å²) in [5.41, 5.74) is 3.13. The number of Topliss-reactive ketones (excluding diaryl/α,β-unsaturated/α-hetero) is 1. The first-order valence-electron chi connectivity index (χ1n) is 12.6. The Bertz CT molecular complexity index is 1270. The molecule has 2 aliphatic rings. The lowest BCUT2D eigenvalue weighted by molar-refractivity contribution is -0.135. The fourth-order valence-corrected chi connectivity index (χ4v) is 6.23. The predicted octanol–water partition coefficient (Wildman–Crippen LogP) is 4.23. The zero-order valence-corrected chi connectivity index (χ0v) is 21.9. The molecule has 37 heavy (non-hydrogen) atoms. The quantitative estimate of drug-likeness (QED) is 0.439. The predicted molar refractivity (Wildman–Crippen MR) is 144 cm³/mol. The van der Waals surface area contributed by atoms with Gasteiger partial charge in [0.25, 0.3) is 5.91 Å². The topological polar surface area (TPSA) is 70.2 Å². The zero-order valence-electron chi connectivity index (χ0n) is 21.1. The molecule has 0 N–H and O–H groups in total. The van der Waals surface area contributed by atoms with E-state index < -0.39 is 5.92 Å². The van der Waals surface area contributed by atoms with E-state index in [9.17, 15) is 14.4 Å². The van der Waals surface area contributed by atoms with Gasteiger partial charge in [-0.1, -0.05) is 24.3 Å². The van der Waals surface area contributed by atoms with E-state index in [1.807, 2.05) is 75.8 Å². The largest absolute Gasteiger partial charge is 0.383 e. The number of benzene rings is 2. The molecule has 0 radical (unpaired) electrons. The van der Waals surface area contributed by atoms with Gasteiger partial charge >= 0.3 is 0 Å². The fraction of sp³-hybridized carbons (Fsp3) is 0.345. The van der Waals surface area contributed by atoms with Crippen LogP contribution in [0.1, 0.15) is 50.0 Å². The molecule has 2 atom stereocenters. The minimum atomic E-state index is -0.481. The van der Waals surface area contributed by atoms with Gasteiger partial charge in [-0.25, -0.2) is 0 Å². The molecule has 2 unspecified atom stereocenters. The van der Waals surface area contributed by atoms with E-state index in [2.05, 4.69) is 4.90 Å². The summed E-state index contributed by atoms with van der Waals surface area (Å²) in [6.45, 7) is 4.98. The van der Waals surface area contributed by atoms with Gasteiger partial charge in [-0.05, 0) is 54.3 Å². The Balaban J connectivity index is 1.41. The maximum atomic E-state index is 14.2. The van der Waals surface area contributed by atoms with Crippen LogP contribution in [0.25, 0.3) is 0 Å². The van der Waals surface area contributed by atoms with E-state index in [0.29, 0.717) is 50.5 Å². The van der Waals surface area contributed by atoms with Crippen LogP contribution in [0.5, 0.6) is 0 Å². The Hall–Kier alpha value is -3.49. The second-order valence-corrected chi connectivity index (χ2v) is 10.4. The molecule has 0 saturated carbocycles. The second kappa shape index (κ2) is 10.9. The van der Waals surface area contributed by atoms with Gasteiger partial charge in [0.05, 0.1) is 18.6 Å². The fourth-order valence-electron chi connectivity index (χ4n) is 5.36. The molecule has 1 saturated heterocycles. The highest BCUT2D eigenvalue weighted by Gasteiger charge is 2.46. The molecule has 3 heterocycles.